The number of carboxylic acids is 2. The fraction of sp³-hybridized carbons (Fsp3) is 0.368. The summed E-state index contributed by atoms with van der Waals surface area (Å²) in [6, 6.07) is 6.12. The van der Waals surface area contributed by atoms with Crippen molar-refractivity contribution in [1.82, 2.24) is 19.7 Å². The van der Waals surface area contributed by atoms with Gasteiger partial charge in [-0.2, -0.15) is 18.3 Å². The number of thiophene rings is 1. The standard InChI is InChI=1S/C17H18N4O2S.C2HF3O2/c22-17(23)15-3-7-21(19-15)13-1-5-20(6-2-13)11-12-9-16-14(18-10-12)4-8-24-16;3-2(4,5)1(6)7/h3-4,7-10,13H,1-2,5-6,11H2,(H,22,23);(H,6,7). The van der Waals surface area contributed by atoms with E-state index in [9.17, 15) is 18.0 Å². The van der Waals surface area contributed by atoms with Gasteiger partial charge in [-0.05, 0) is 42.0 Å². The number of piperidine rings is 1. The second-order valence-electron chi connectivity index (χ2n) is 6.94. The third-order valence-electron chi connectivity index (χ3n) is 4.77. The van der Waals surface area contributed by atoms with Crippen molar-refractivity contribution in [2.24, 2.45) is 0 Å². The summed E-state index contributed by atoms with van der Waals surface area (Å²) in [5.41, 5.74) is 2.43. The van der Waals surface area contributed by atoms with Crippen LogP contribution in [0, 0.1) is 0 Å². The Hall–Kier alpha value is -2.99. The number of halogens is 3. The number of hydrogen-bond acceptors (Lipinski definition) is 6. The Bertz CT molecular complexity index is 1060. The van der Waals surface area contributed by atoms with Gasteiger partial charge in [0.2, 0.25) is 0 Å². The predicted octanol–water partition coefficient (Wildman–Crippen LogP) is 3.66. The summed E-state index contributed by atoms with van der Waals surface area (Å²) in [6.45, 7) is 2.87. The van der Waals surface area contributed by atoms with Crippen molar-refractivity contribution in [3.63, 3.8) is 0 Å². The molecule has 0 unspecified atom stereocenters. The largest absolute Gasteiger partial charge is 0.490 e. The minimum absolute atomic E-state index is 0.118. The van der Waals surface area contributed by atoms with Gasteiger partial charge in [-0.15, -0.1) is 11.3 Å². The molecule has 0 atom stereocenters. The highest BCUT2D eigenvalue weighted by atomic mass is 32.1. The van der Waals surface area contributed by atoms with Crippen molar-refractivity contribution >= 4 is 33.5 Å². The van der Waals surface area contributed by atoms with Gasteiger partial charge in [-0.3, -0.25) is 14.6 Å². The summed E-state index contributed by atoms with van der Waals surface area (Å²) in [7, 11) is 0. The molecule has 12 heteroatoms. The molecular formula is C19H19F3N4O4S. The van der Waals surface area contributed by atoms with Crippen molar-refractivity contribution in [2.45, 2.75) is 31.6 Å². The second kappa shape index (κ2) is 9.43. The molecule has 1 aliphatic heterocycles. The van der Waals surface area contributed by atoms with E-state index in [-0.39, 0.29) is 11.7 Å². The van der Waals surface area contributed by atoms with Crippen LogP contribution >= 0.6 is 11.3 Å². The Labute approximate surface area is 178 Å². The lowest BCUT2D eigenvalue weighted by atomic mass is 10.0. The third kappa shape index (κ3) is 6.01. The molecule has 166 valence electrons. The zero-order valence-corrected chi connectivity index (χ0v) is 16.9. The maximum Gasteiger partial charge on any atom is 0.490 e. The predicted molar refractivity (Wildman–Crippen MR) is 106 cm³/mol. The number of aromatic carboxylic acids is 1. The van der Waals surface area contributed by atoms with Crippen LogP contribution in [0.2, 0.25) is 0 Å². The summed E-state index contributed by atoms with van der Waals surface area (Å²) in [4.78, 5) is 26.8. The van der Waals surface area contributed by atoms with Crippen LogP contribution < -0.4 is 0 Å². The van der Waals surface area contributed by atoms with Crippen LogP contribution in [0.15, 0.2) is 36.0 Å². The maximum atomic E-state index is 10.9. The quantitative estimate of drug-likeness (QED) is 0.617. The molecular weight excluding hydrogens is 437 g/mol. The molecule has 0 radical (unpaired) electrons. The number of carboxylic acid groups (broad SMARTS) is 2. The van der Waals surface area contributed by atoms with E-state index < -0.39 is 18.1 Å². The Morgan fingerprint density at radius 1 is 1.19 bits per heavy atom. The zero-order valence-electron chi connectivity index (χ0n) is 16.1. The van der Waals surface area contributed by atoms with Crippen LogP contribution in [0.4, 0.5) is 13.2 Å². The number of fused-ring (bicyclic) bond motifs is 1. The summed E-state index contributed by atoms with van der Waals surface area (Å²) in [5, 5.41) is 22.3. The number of rotatable bonds is 4. The van der Waals surface area contributed by atoms with Crippen molar-refractivity contribution in [3.8, 4) is 0 Å². The normalized spacial score (nSPS) is 15.5. The molecule has 0 amide bonds. The van der Waals surface area contributed by atoms with E-state index in [2.05, 4.69) is 26.4 Å². The molecule has 2 N–H and O–H groups in total. The summed E-state index contributed by atoms with van der Waals surface area (Å²) in [6.07, 6.45) is 0.622. The van der Waals surface area contributed by atoms with Gasteiger partial charge >= 0.3 is 18.1 Å². The molecule has 1 saturated heterocycles. The smallest absolute Gasteiger partial charge is 0.476 e. The number of aromatic nitrogens is 3. The van der Waals surface area contributed by atoms with Crippen LogP contribution in [-0.4, -0.2) is 61.1 Å². The maximum absolute atomic E-state index is 10.9. The highest BCUT2D eigenvalue weighted by Gasteiger charge is 2.38. The first-order chi connectivity index (χ1) is 14.6. The van der Waals surface area contributed by atoms with Crippen LogP contribution in [0.1, 0.15) is 34.9 Å². The van der Waals surface area contributed by atoms with Gasteiger partial charge in [0.1, 0.15) is 0 Å². The Morgan fingerprint density at radius 3 is 2.45 bits per heavy atom. The second-order valence-corrected chi connectivity index (χ2v) is 7.89. The molecule has 4 heterocycles. The van der Waals surface area contributed by atoms with Crippen molar-refractivity contribution in [3.05, 3.63) is 47.2 Å². The zero-order chi connectivity index (χ0) is 22.6. The van der Waals surface area contributed by atoms with Crippen LogP contribution in [0.3, 0.4) is 0 Å². The van der Waals surface area contributed by atoms with Crippen molar-refractivity contribution < 1.29 is 33.0 Å². The van der Waals surface area contributed by atoms with Crippen molar-refractivity contribution in [2.75, 3.05) is 13.1 Å². The summed E-state index contributed by atoms with van der Waals surface area (Å²) in [5.74, 6) is -3.73. The first kappa shape index (κ1) is 22.7. The Morgan fingerprint density at radius 2 is 1.87 bits per heavy atom. The lowest BCUT2D eigenvalue weighted by molar-refractivity contribution is -0.192. The summed E-state index contributed by atoms with van der Waals surface area (Å²) >= 11 is 1.73. The van der Waals surface area contributed by atoms with Crippen LogP contribution in [0.25, 0.3) is 10.2 Å². The molecule has 3 aromatic rings. The van der Waals surface area contributed by atoms with Gasteiger partial charge in [0.25, 0.3) is 0 Å². The van der Waals surface area contributed by atoms with Gasteiger partial charge in [0.15, 0.2) is 5.69 Å². The van der Waals surface area contributed by atoms with E-state index in [0.717, 1.165) is 38.0 Å². The number of carbonyl (C=O) groups is 2. The van der Waals surface area contributed by atoms with Gasteiger partial charge in [0, 0.05) is 32.0 Å². The minimum atomic E-state index is -5.08. The van der Waals surface area contributed by atoms with E-state index in [4.69, 9.17) is 15.0 Å². The SMILES string of the molecule is O=C(O)C(F)(F)F.O=C(O)c1ccn(C2CCN(Cc3cnc4ccsc4c3)CC2)n1. The Kier molecular flexibility index (Phi) is 6.91. The number of alkyl halides is 3. The number of pyridine rings is 1. The van der Waals surface area contributed by atoms with E-state index >= 15 is 0 Å². The number of hydrogen-bond donors (Lipinski definition) is 2. The molecule has 0 spiro atoms. The molecule has 1 fully saturated rings. The molecule has 0 bridgehead atoms. The number of likely N-dealkylation sites (tertiary alicyclic amines) is 1. The third-order valence-corrected chi connectivity index (χ3v) is 5.62. The molecule has 1 aliphatic rings. The van der Waals surface area contributed by atoms with Crippen LogP contribution in [0.5, 0.6) is 0 Å². The van der Waals surface area contributed by atoms with Gasteiger partial charge in [-0.25, -0.2) is 9.59 Å². The monoisotopic (exact) mass is 456 g/mol. The highest BCUT2D eigenvalue weighted by Crippen LogP contribution is 2.25. The average Bonchev–Trinajstić information content (AvgIpc) is 3.38. The molecule has 0 saturated carbocycles. The van der Waals surface area contributed by atoms with Gasteiger partial charge in [0.05, 0.1) is 16.3 Å². The molecule has 31 heavy (non-hydrogen) atoms. The number of nitrogens with zero attached hydrogens (tertiary/aromatic N) is 4. The lowest BCUT2D eigenvalue weighted by Gasteiger charge is -2.32. The number of aliphatic carboxylic acids is 1. The molecule has 8 nitrogen and oxygen atoms in total. The fourth-order valence-corrected chi connectivity index (χ4v) is 4.03. The molecule has 4 rings (SSSR count). The lowest BCUT2D eigenvalue weighted by Crippen LogP contribution is -2.34. The van der Waals surface area contributed by atoms with E-state index in [1.54, 1.807) is 28.3 Å². The van der Waals surface area contributed by atoms with Gasteiger partial charge in [-0.1, -0.05) is 0 Å². The highest BCUT2D eigenvalue weighted by molar-refractivity contribution is 7.17. The fourth-order valence-electron chi connectivity index (χ4n) is 3.23. The molecule has 0 aromatic carbocycles. The van der Waals surface area contributed by atoms with E-state index in [1.807, 2.05) is 12.3 Å². The van der Waals surface area contributed by atoms with Gasteiger partial charge < -0.3 is 10.2 Å². The molecule has 0 aliphatic carbocycles. The average molecular weight is 456 g/mol. The van der Waals surface area contributed by atoms with E-state index in [0.29, 0.717) is 0 Å². The molecule has 3 aromatic heterocycles. The summed E-state index contributed by atoms with van der Waals surface area (Å²) < 4.78 is 34.8. The topological polar surface area (TPSA) is 109 Å². The first-order valence-corrected chi connectivity index (χ1v) is 10.1. The van der Waals surface area contributed by atoms with E-state index in [1.165, 1.54) is 10.3 Å². The minimum Gasteiger partial charge on any atom is -0.476 e. The Balaban J connectivity index is 0.000000339. The van der Waals surface area contributed by atoms with Crippen molar-refractivity contribution in [1.29, 1.82) is 0 Å². The first-order valence-electron chi connectivity index (χ1n) is 9.26. The van der Waals surface area contributed by atoms with Crippen LogP contribution in [-0.2, 0) is 11.3 Å².